The summed E-state index contributed by atoms with van der Waals surface area (Å²) in [5, 5.41) is 0. The number of benzene rings is 1. The normalized spacial score (nSPS) is 12.2. The molecular weight excluding hydrogens is 186 g/mol. The van der Waals surface area contributed by atoms with Gasteiger partial charge in [0, 0.05) is 0 Å². The summed E-state index contributed by atoms with van der Waals surface area (Å²) in [6.07, 6.45) is 0. The number of nitrogens with two attached hydrogens (primary N) is 1. The first kappa shape index (κ1) is 11.8. The largest absolute Gasteiger partial charge is 0.489 e. The van der Waals surface area contributed by atoms with Gasteiger partial charge in [0.25, 0.3) is 0 Å². The molecule has 82 valence electrons. The Morgan fingerprint density at radius 1 is 1.40 bits per heavy atom. The van der Waals surface area contributed by atoms with Gasteiger partial charge in [0.05, 0.1) is 0 Å². The van der Waals surface area contributed by atoms with E-state index in [0.29, 0.717) is 19.1 Å². The van der Waals surface area contributed by atoms with Crippen molar-refractivity contribution in [2.75, 3.05) is 13.2 Å². The third-order valence-electron chi connectivity index (χ3n) is 2.29. The van der Waals surface area contributed by atoms with Crippen molar-refractivity contribution in [2.45, 2.75) is 19.8 Å². The molecule has 1 unspecified atom stereocenters. The second-order valence-electron chi connectivity index (χ2n) is 3.95. The highest BCUT2D eigenvalue weighted by Gasteiger charge is 2.02. The van der Waals surface area contributed by atoms with Crippen LogP contribution in [0, 0.1) is 0 Å². The Kier molecular flexibility index (Phi) is 4.37. The van der Waals surface area contributed by atoms with E-state index in [0.717, 1.165) is 11.3 Å². The zero-order chi connectivity index (χ0) is 11.3. The van der Waals surface area contributed by atoms with Gasteiger partial charge in [0.2, 0.25) is 0 Å². The zero-order valence-corrected chi connectivity index (χ0v) is 9.49. The van der Waals surface area contributed by atoms with Gasteiger partial charge in [-0.05, 0) is 42.7 Å². The van der Waals surface area contributed by atoms with Gasteiger partial charge >= 0.3 is 0 Å². The van der Waals surface area contributed by atoms with Crippen LogP contribution in [0.25, 0.3) is 0 Å². The third kappa shape index (κ3) is 3.76. The van der Waals surface area contributed by atoms with E-state index in [1.54, 1.807) is 0 Å². The summed E-state index contributed by atoms with van der Waals surface area (Å²) in [6, 6.07) is 8.07. The van der Waals surface area contributed by atoms with Crippen LogP contribution in [0.1, 0.15) is 25.3 Å². The monoisotopic (exact) mass is 205 g/mol. The average Bonchev–Trinajstić information content (AvgIpc) is 2.26. The Bertz CT molecular complexity index is 316. The van der Waals surface area contributed by atoms with Gasteiger partial charge in [0.15, 0.2) is 0 Å². The molecule has 0 radical (unpaired) electrons. The summed E-state index contributed by atoms with van der Waals surface area (Å²) in [4.78, 5) is 0. The Labute approximate surface area is 91.7 Å². The molecule has 0 spiro atoms. The third-order valence-corrected chi connectivity index (χ3v) is 2.29. The van der Waals surface area contributed by atoms with Crippen LogP contribution in [0.15, 0.2) is 36.4 Å². The Morgan fingerprint density at radius 2 is 2.00 bits per heavy atom. The Hall–Kier alpha value is -1.28. The van der Waals surface area contributed by atoms with Gasteiger partial charge < -0.3 is 10.5 Å². The van der Waals surface area contributed by atoms with Crippen LogP contribution in [0.3, 0.4) is 0 Å². The van der Waals surface area contributed by atoms with E-state index < -0.39 is 0 Å². The standard InChI is InChI=1S/C13H19NO/c1-10(2)9-15-13-6-4-12(5-7-13)11(3)8-14/h4-7,11H,1,8-9,14H2,2-3H3. The summed E-state index contributed by atoms with van der Waals surface area (Å²) in [6.45, 7) is 9.10. The van der Waals surface area contributed by atoms with E-state index in [2.05, 4.69) is 25.6 Å². The topological polar surface area (TPSA) is 35.2 Å². The number of hydrogen-bond acceptors (Lipinski definition) is 2. The van der Waals surface area contributed by atoms with Gasteiger partial charge in [0.1, 0.15) is 12.4 Å². The van der Waals surface area contributed by atoms with E-state index >= 15 is 0 Å². The van der Waals surface area contributed by atoms with E-state index in [-0.39, 0.29) is 0 Å². The van der Waals surface area contributed by atoms with Crippen LogP contribution in [-0.4, -0.2) is 13.2 Å². The van der Waals surface area contributed by atoms with Crippen molar-refractivity contribution >= 4 is 0 Å². The molecular formula is C13H19NO. The first-order valence-electron chi connectivity index (χ1n) is 5.20. The molecule has 0 amide bonds. The van der Waals surface area contributed by atoms with Gasteiger partial charge in [-0.15, -0.1) is 0 Å². The van der Waals surface area contributed by atoms with Crippen molar-refractivity contribution in [3.63, 3.8) is 0 Å². The number of rotatable bonds is 5. The Balaban J connectivity index is 2.60. The fraction of sp³-hybridized carbons (Fsp3) is 0.385. The molecule has 0 aliphatic rings. The molecule has 0 bridgehead atoms. The first-order valence-corrected chi connectivity index (χ1v) is 5.20. The van der Waals surface area contributed by atoms with E-state index in [4.69, 9.17) is 10.5 Å². The fourth-order valence-electron chi connectivity index (χ4n) is 1.24. The highest BCUT2D eigenvalue weighted by atomic mass is 16.5. The molecule has 1 atom stereocenters. The molecule has 0 fully saturated rings. The van der Waals surface area contributed by atoms with Crippen LogP contribution in [0.5, 0.6) is 5.75 Å². The average molecular weight is 205 g/mol. The molecule has 2 N–H and O–H groups in total. The van der Waals surface area contributed by atoms with Crippen molar-refractivity contribution in [1.29, 1.82) is 0 Å². The predicted octanol–water partition coefficient (Wildman–Crippen LogP) is 2.70. The first-order chi connectivity index (χ1) is 7.13. The van der Waals surface area contributed by atoms with Crippen molar-refractivity contribution in [1.82, 2.24) is 0 Å². The van der Waals surface area contributed by atoms with Crippen LogP contribution in [-0.2, 0) is 0 Å². The second-order valence-corrected chi connectivity index (χ2v) is 3.95. The number of hydrogen-bond donors (Lipinski definition) is 1. The second kappa shape index (κ2) is 5.56. The van der Waals surface area contributed by atoms with Crippen molar-refractivity contribution < 1.29 is 4.74 Å². The minimum absolute atomic E-state index is 0.403. The maximum Gasteiger partial charge on any atom is 0.119 e. The summed E-state index contributed by atoms with van der Waals surface area (Å²) >= 11 is 0. The molecule has 2 heteroatoms. The summed E-state index contributed by atoms with van der Waals surface area (Å²) in [5.74, 6) is 1.28. The molecule has 0 saturated heterocycles. The van der Waals surface area contributed by atoms with Crippen molar-refractivity contribution in [2.24, 2.45) is 5.73 Å². The zero-order valence-electron chi connectivity index (χ0n) is 9.49. The quantitative estimate of drug-likeness (QED) is 0.750. The minimum atomic E-state index is 0.403. The summed E-state index contributed by atoms with van der Waals surface area (Å²) < 4.78 is 5.51. The van der Waals surface area contributed by atoms with Crippen molar-refractivity contribution in [3.05, 3.63) is 42.0 Å². The summed E-state index contributed by atoms with van der Waals surface area (Å²) in [5.41, 5.74) is 7.87. The van der Waals surface area contributed by atoms with Crippen LogP contribution >= 0.6 is 0 Å². The molecule has 0 heterocycles. The smallest absolute Gasteiger partial charge is 0.119 e. The SMILES string of the molecule is C=C(C)COc1ccc(C(C)CN)cc1. The molecule has 15 heavy (non-hydrogen) atoms. The van der Waals surface area contributed by atoms with Crippen LogP contribution in [0.2, 0.25) is 0 Å². The Morgan fingerprint density at radius 3 is 2.47 bits per heavy atom. The van der Waals surface area contributed by atoms with Gasteiger partial charge in [-0.25, -0.2) is 0 Å². The lowest BCUT2D eigenvalue weighted by Crippen LogP contribution is -2.08. The van der Waals surface area contributed by atoms with Gasteiger partial charge in [-0.3, -0.25) is 0 Å². The molecule has 0 aliphatic heterocycles. The summed E-state index contributed by atoms with van der Waals surface area (Å²) in [7, 11) is 0. The lowest BCUT2D eigenvalue weighted by molar-refractivity contribution is 0.352. The van der Waals surface area contributed by atoms with Crippen molar-refractivity contribution in [3.8, 4) is 5.75 Å². The molecule has 0 aliphatic carbocycles. The maximum atomic E-state index is 5.60. The van der Waals surface area contributed by atoms with Gasteiger partial charge in [-0.1, -0.05) is 25.6 Å². The van der Waals surface area contributed by atoms with E-state index in [1.807, 2.05) is 19.1 Å². The maximum absolute atomic E-state index is 5.60. The van der Waals surface area contributed by atoms with Gasteiger partial charge in [-0.2, -0.15) is 0 Å². The van der Waals surface area contributed by atoms with Crippen LogP contribution in [0.4, 0.5) is 0 Å². The van der Waals surface area contributed by atoms with E-state index in [9.17, 15) is 0 Å². The number of ether oxygens (including phenoxy) is 1. The lowest BCUT2D eigenvalue weighted by atomic mass is 10.0. The van der Waals surface area contributed by atoms with E-state index in [1.165, 1.54) is 5.56 Å². The minimum Gasteiger partial charge on any atom is -0.489 e. The molecule has 1 aromatic rings. The predicted molar refractivity (Wildman–Crippen MR) is 64.2 cm³/mol. The lowest BCUT2D eigenvalue weighted by Gasteiger charge is -2.10. The molecule has 1 aromatic carbocycles. The molecule has 1 rings (SSSR count). The highest BCUT2D eigenvalue weighted by Crippen LogP contribution is 2.18. The molecule has 2 nitrogen and oxygen atoms in total. The molecule has 0 aromatic heterocycles. The fourth-order valence-corrected chi connectivity index (χ4v) is 1.24. The van der Waals surface area contributed by atoms with Crippen LogP contribution < -0.4 is 10.5 Å². The molecule has 0 saturated carbocycles. The highest BCUT2D eigenvalue weighted by molar-refractivity contribution is 5.29.